The number of likely N-dealkylation sites (N-methyl/N-ethyl adjacent to an activating group) is 1. The second kappa shape index (κ2) is 8.62. The van der Waals surface area contributed by atoms with Crippen molar-refractivity contribution in [2.24, 2.45) is 0 Å². The maximum atomic E-state index is 13.0. The number of aromatic nitrogens is 1. The predicted octanol–water partition coefficient (Wildman–Crippen LogP) is 3.30. The predicted molar refractivity (Wildman–Crippen MR) is 112 cm³/mol. The van der Waals surface area contributed by atoms with Crippen LogP contribution in [-0.4, -0.2) is 47.9 Å². The van der Waals surface area contributed by atoms with Crippen molar-refractivity contribution in [2.45, 2.75) is 39.7 Å². The van der Waals surface area contributed by atoms with Gasteiger partial charge in [-0.25, -0.2) is 4.98 Å². The number of nitriles is 1. The highest BCUT2D eigenvalue weighted by atomic mass is 32.1. The number of amides is 2. The standard InChI is InChI=1S/C21H24N4O3S/c1-5-17-21(27)25(12-19(26)24(4)10-6-9-22)16-11-15(7-8-18(16)28-17)20-13(2)29-14(3)23-20/h7-8,11,17H,5-6,10,12H2,1-4H3. The highest BCUT2D eigenvalue weighted by molar-refractivity contribution is 7.11. The number of rotatable bonds is 6. The Morgan fingerprint density at radius 3 is 2.79 bits per heavy atom. The molecule has 0 saturated heterocycles. The summed E-state index contributed by atoms with van der Waals surface area (Å²) in [6, 6.07) is 7.66. The topological polar surface area (TPSA) is 86.5 Å². The molecule has 0 saturated carbocycles. The van der Waals surface area contributed by atoms with Crippen LogP contribution in [0.2, 0.25) is 0 Å². The minimum atomic E-state index is -0.617. The number of ether oxygens (including phenoxy) is 1. The van der Waals surface area contributed by atoms with Gasteiger partial charge in [-0.2, -0.15) is 5.26 Å². The van der Waals surface area contributed by atoms with E-state index in [1.807, 2.05) is 45.0 Å². The molecule has 7 nitrogen and oxygen atoms in total. The average Bonchev–Trinajstić information content (AvgIpc) is 3.05. The van der Waals surface area contributed by atoms with Gasteiger partial charge in [-0.15, -0.1) is 11.3 Å². The summed E-state index contributed by atoms with van der Waals surface area (Å²) in [5.74, 6) is 0.130. The summed E-state index contributed by atoms with van der Waals surface area (Å²) < 4.78 is 5.88. The fraction of sp³-hybridized carbons (Fsp3) is 0.429. The van der Waals surface area contributed by atoms with Crippen LogP contribution >= 0.6 is 11.3 Å². The highest BCUT2D eigenvalue weighted by Crippen LogP contribution is 2.39. The Morgan fingerprint density at radius 2 is 2.17 bits per heavy atom. The van der Waals surface area contributed by atoms with Gasteiger partial charge in [-0.05, 0) is 38.5 Å². The van der Waals surface area contributed by atoms with Crippen LogP contribution < -0.4 is 9.64 Å². The van der Waals surface area contributed by atoms with E-state index >= 15 is 0 Å². The maximum absolute atomic E-state index is 13.0. The molecule has 0 spiro atoms. The molecule has 1 atom stereocenters. The Hall–Kier alpha value is -2.92. The molecule has 0 aliphatic carbocycles. The fourth-order valence-corrected chi connectivity index (χ4v) is 4.13. The van der Waals surface area contributed by atoms with E-state index in [4.69, 9.17) is 10.00 Å². The van der Waals surface area contributed by atoms with Gasteiger partial charge in [0.2, 0.25) is 5.91 Å². The van der Waals surface area contributed by atoms with E-state index in [0.717, 1.165) is 21.1 Å². The lowest BCUT2D eigenvalue weighted by molar-refractivity contribution is -0.132. The lowest BCUT2D eigenvalue weighted by atomic mass is 10.1. The zero-order valence-corrected chi connectivity index (χ0v) is 17.9. The third kappa shape index (κ3) is 4.25. The van der Waals surface area contributed by atoms with E-state index < -0.39 is 6.10 Å². The highest BCUT2D eigenvalue weighted by Gasteiger charge is 2.35. The molecule has 1 unspecified atom stereocenters. The lowest BCUT2D eigenvalue weighted by Gasteiger charge is -2.34. The molecule has 1 aliphatic heterocycles. The van der Waals surface area contributed by atoms with Crippen LogP contribution in [0, 0.1) is 25.2 Å². The van der Waals surface area contributed by atoms with E-state index in [0.29, 0.717) is 24.4 Å². The van der Waals surface area contributed by atoms with Gasteiger partial charge in [0.1, 0.15) is 12.3 Å². The van der Waals surface area contributed by atoms with Crippen LogP contribution in [0.25, 0.3) is 11.3 Å². The number of aryl methyl sites for hydroxylation is 2. The molecule has 2 heterocycles. The Balaban J connectivity index is 1.97. The number of hydrogen-bond donors (Lipinski definition) is 0. The quantitative estimate of drug-likeness (QED) is 0.727. The fourth-order valence-electron chi connectivity index (χ4n) is 3.29. The van der Waals surface area contributed by atoms with Crippen molar-refractivity contribution in [3.05, 3.63) is 28.1 Å². The van der Waals surface area contributed by atoms with Crippen LogP contribution in [0.1, 0.15) is 29.7 Å². The Kier molecular flexibility index (Phi) is 6.18. The maximum Gasteiger partial charge on any atom is 0.268 e. The normalized spacial score (nSPS) is 15.5. The molecule has 0 bridgehead atoms. The minimum Gasteiger partial charge on any atom is -0.478 e. The van der Waals surface area contributed by atoms with Gasteiger partial charge >= 0.3 is 0 Å². The smallest absolute Gasteiger partial charge is 0.268 e. The number of carbonyl (C=O) groups is 2. The summed E-state index contributed by atoms with van der Waals surface area (Å²) in [7, 11) is 1.64. The lowest BCUT2D eigenvalue weighted by Crippen LogP contribution is -2.50. The number of thiazole rings is 1. The zero-order valence-electron chi connectivity index (χ0n) is 17.1. The van der Waals surface area contributed by atoms with E-state index in [2.05, 4.69) is 4.98 Å². The Morgan fingerprint density at radius 1 is 1.41 bits per heavy atom. The van der Waals surface area contributed by atoms with E-state index in [1.54, 1.807) is 18.4 Å². The molecule has 1 aromatic heterocycles. The van der Waals surface area contributed by atoms with Crippen LogP contribution in [0.3, 0.4) is 0 Å². The van der Waals surface area contributed by atoms with Crippen molar-refractivity contribution in [1.29, 1.82) is 5.26 Å². The molecular formula is C21H24N4O3S. The third-order valence-corrected chi connectivity index (χ3v) is 5.77. The SMILES string of the molecule is CCC1Oc2ccc(-c3nc(C)sc3C)cc2N(CC(=O)N(C)CCC#N)C1=O. The Labute approximate surface area is 174 Å². The van der Waals surface area contributed by atoms with Crippen molar-refractivity contribution in [2.75, 3.05) is 25.0 Å². The van der Waals surface area contributed by atoms with Crippen molar-refractivity contribution >= 4 is 28.8 Å². The van der Waals surface area contributed by atoms with E-state index in [-0.39, 0.29) is 24.8 Å². The van der Waals surface area contributed by atoms with Crippen molar-refractivity contribution < 1.29 is 14.3 Å². The monoisotopic (exact) mass is 412 g/mol. The summed E-state index contributed by atoms with van der Waals surface area (Å²) in [6.07, 6.45) is 0.147. The molecule has 2 aromatic rings. The van der Waals surface area contributed by atoms with Crippen LogP contribution in [0.4, 0.5) is 5.69 Å². The van der Waals surface area contributed by atoms with Gasteiger partial charge in [0.25, 0.3) is 5.91 Å². The summed E-state index contributed by atoms with van der Waals surface area (Å²) in [5, 5.41) is 9.72. The van der Waals surface area contributed by atoms with Crippen molar-refractivity contribution in [1.82, 2.24) is 9.88 Å². The average molecular weight is 413 g/mol. The second-order valence-corrected chi connectivity index (χ2v) is 8.39. The molecule has 29 heavy (non-hydrogen) atoms. The number of carbonyl (C=O) groups excluding carboxylic acids is 2. The second-order valence-electron chi connectivity index (χ2n) is 6.98. The first-order valence-electron chi connectivity index (χ1n) is 9.53. The first kappa shape index (κ1) is 20.8. The van der Waals surface area contributed by atoms with Gasteiger partial charge in [0.05, 0.1) is 28.9 Å². The van der Waals surface area contributed by atoms with Gasteiger partial charge in [-0.3, -0.25) is 14.5 Å². The van der Waals surface area contributed by atoms with Crippen LogP contribution in [0.15, 0.2) is 18.2 Å². The minimum absolute atomic E-state index is 0.0911. The number of fused-ring (bicyclic) bond motifs is 1. The molecule has 152 valence electrons. The summed E-state index contributed by atoms with van der Waals surface area (Å²) >= 11 is 1.62. The van der Waals surface area contributed by atoms with Crippen molar-refractivity contribution in [3.63, 3.8) is 0 Å². The first-order chi connectivity index (χ1) is 13.8. The van der Waals surface area contributed by atoms with Crippen molar-refractivity contribution in [3.8, 4) is 23.1 Å². The molecule has 1 aromatic carbocycles. The number of nitrogens with zero attached hydrogens (tertiary/aromatic N) is 4. The number of anilines is 1. The molecule has 0 radical (unpaired) electrons. The summed E-state index contributed by atoms with van der Waals surface area (Å²) in [5.41, 5.74) is 2.33. The molecule has 8 heteroatoms. The summed E-state index contributed by atoms with van der Waals surface area (Å²) in [6.45, 7) is 6.09. The van der Waals surface area contributed by atoms with Gasteiger partial charge < -0.3 is 9.64 Å². The number of hydrogen-bond acceptors (Lipinski definition) is 6. The van der Waals surface area contributed by atoms with E-state index in [1.165, 1.54) is 9.80 Å². The number of benzene rings is 1. The summed E-state index contributed by atoms with van der Waals surface area (Å²) in [4.78, 5) is 34.3. The largest absolute Gasteiger partial charge is 0.478 e. The first-order valence-corrected chi connectivity index (χ1v) is 10.3. The molecule has 0 N–H and O–H groups in total. The van der Waals surface area contributed by atoms with Gasteiger partial charge in [0.15, 0.2) is 6.10 Å². The van der Waals surface area contributed by atoms with E-state index in [9.17, 15) is 9.59 Å². The van der Waals surface area contributed by atoms with Gasteiger partial charge in [0, 0.05) is 24.0 Å². The third-order valence-electron chi connectivity index (χ3n) is 4.89. The van der Waals surface area contributed by atoms with Crippen LogP contribution in [0.5, 0.6) is 5.75 Å². The molecule has 1 aliphatic rings. The molecule has 2 amide bonds. The molecule has 3 rings (SSSR count). The zero-order chi connectivity index (χ0) is 21.1. The van der Waals surface area contributed by atoms with Gasteiger partial charge in [-0.1, -0.05) is 6.92 Å². The Bertz CT molecular complexity index is 979. The van der Waals surface area contributed by atoms with Crippen LogP contribution in [-0.2, 0) is 9.59 Å². The molecular weight excluding hydrogens is 388 g/mol. The molecule has 0 fully saturated rings.